The number of nitrogens with zero attached hydrogens (tertiary/aromatic N) is 6. The minimum absolute atomic E-state index is 0.0343. The highest BCUT2D eigenvalue weighted by Gasteiger charge is 2.42. The molecule has 2 aromatic carbocycles. The number of imidazole rings is 2. The Balaban J connectivity index is 0.000000168. The van der Waals surface area contributed by atoms with E-state index in [1.165, 1.54) is 44.6 Å². The van der Waals surface area contributed by atoms with Gasteiger partial charge < -0.3 is 39.2 Å². The van der Waals surface area contributed by atoms with Crippen molar-refractivity contribution in [1.29, 1.82) is 0 Å². The van der Waals surface area contributed by atoms with Crippen molar-refractivity contribution in [3.05, 3.63) is 197 Å². The number of aromatic nitrogens is 10. The molecule has 0 aliphatic heterocycles. The summed E-state index contributed by atoms with van der Waals surface area (Å²) in [6, 6.07) is 19.7. The van der Waals surface area contributed by atoms with Gasteiger partial charge in [-0.05, 0) is 129 Å². The molecule has 0 saturated heterocycles. The van der Waals surface area contributed by atoms with Gasteiger partial charge in [0, 0.05) is 52.0 Å². The van der Waals surface area contributed by atoms with Crippen molar-refractivity contribution in [2.24, 2.45) is 0 Å². The normalized spacial score (nSPS) is 13.4. The Kier molecular flexibility index (Phi) is 11.2. The molecule has 0 aliphatic carbocycles. The number of hydrogen-bond donors (Lipinski definition) is 6. The minimum atomic E-state index is -2.08. The predicted molar refractivity (Wildman–Crippen MR) is 246 cm³/mol. The summed E-state index contributed by atoms with van der Waals surface area (Å²) in [7, 11) is 0. The highest BCUT2D eigenvalue weighted by atomic mass is 79.9. The van der Waals surface area contributed by atoms with Gasteiger partial charge in [0.25, 0.3) is 0 Å². The number of pyridine rings is 4. The van der Waals surface area contributed by atoms with Gasteiger partial charge in [-0.1, -0.05) is 22.4 Å². The van der Waals surface area contributed by atoms with E-state index in [9.17, 15) is 19.8 Å². The van der Waals surface area contributed by atoms with Crippen LogP contribution >= 0.6 is 15.9 Å². The molecular weight excluding hydrogens is 930 g/mol. The number of hydrogen-bond acceptors (Lipinski definition) is 12. The van der Waals surface area contributed by atoms with Crippen LogP contribution in [0.1, 0.15) is 67.9 Å². The Labute approximate surface area is 386 Å². The van der Waals surface area contributed by atoms with Crippen LogP contribution in [0, 0.1) is 53.2 Å². The van der Waals surface area contributed by atoms with E-state index in [1.54, 1.807) is 88.4 Å². The highest BCUT2D eigenvalue weighted by molar-refractivity contribution is 9.10. The van der Waals surface area contributed by atoms with Crippen LogP contribution in [0.15, 0.2) is 115 Å². The molecule has 0 amide bonds. The molecule has 10 aromatic rings. The molecule has 338 valence electrons. The van der Waals surface area contributed by atoms with Crippen LogP contribution in [0.25, 0.3) is 44.3 Å². The maximum atomic E-state index is 15.6. The van der Waals surface area contributed by atoms with Crippen LogP contribution < -0.4 is 11.4 Å². The molecule has 0 fully saturated rings. The number of aromatic amines is 4. The fraction of sp³-hybridized carbons (Fsp3) is 0.167. The summed E-state index contributed by atoms with van der Waals surface area (Å²) in [6.45, 7) is 10.2. The van der Waals surface area contributed by atoms with E-state index in [1.807, 2.05) is 0 Å². The molecule has 16 nitrogen and oxygen atoms in total. The number of halogens is 3. The standard InChI is InChI=1S/C24H19BrFN5O3.C24H20FN5O3/c1-11-20(13(3)34-31-11)14-8-16(22-17(9-14)29-23(32)30-22)24(33,18-6-4-5-7-27-18)15-10-19(25)28-12(2)21(15)26;1-12-20(14(3)33-30-12)15-10-17(22-18(11-15)28-23(31)29-22)24(32,19-6-4-5-8-27-19)16-7-9-26-13(2)21(16)25/h4-10,33H,1-3H3,(H2,29,30,32);4-11,32H,1-3H3,(H2,28,29,31). The lowest BCUT2D eigenvalue weighted by atomic mass is 9.81. The summed E-state index contributed by atoms with van der Waals surface area (Å²) in [5.74, 6) is -0.219. The van der Waals surface area contributed by atoms with Gasteiger partial charge in [-0.15, -0.1) is 0 Å². The zero-order valence-corrected chi connectivity index (χ0v) is 38.1. The Morgan fingerprint density at radius 1 is 0.552 bits per heavy atom. The average Bonchev–Trinajstić information content (AvgIpc) is 4.08. The first-order chi connectivity index (χ1) is 32.0. The van der Waals surface area contributed by atoms with E-state index in [2.05, 4.69) is 66.1 Å². The molecule has 0 spiro atoms. The Morgan fingerprint density at radius 3 is 1.48 bits per heavy atom. The van der Waals surface area contributed by atoms with Gasteiger partial charge in [-0.2, -0.15) is 0 Å². The van der Waals surface area contributed by atoms with Crippen LogP contribution in [-0.4, -0.2) is 60.4 Å². The molecule has 6 N–H and O–H groups in total. The highest BCUT2D eigenvalue weighted by Crippen LogP contribution is 2.44. The van der Waals surface area contributed by atoms with Gasteiger partial charge in [0.2, 0.25) is 0 Å². The van der Waals surface area contributed by atoms with Gasteiger partial charge in [-0.25, -0.2) is 23.4 Å². The third-order valence-corrected chi connectivity index (χ3v) is 12.1. The lowest BCUT2D eigenvalue weighted by Gasteiger charge is -2.30. The SMILES string of the molecule is Cc1nc(Br)cc(C(O)(c2ccccn2)c2cc(-c3c(C)noc3C)cc3[nH]c(=O)[nH]c23)c1F.Cc1nccc(C(O)(c2ccccn2)c2cc(-c3c(C)noc3C)cc3[nH]c(=O)[nH]c23)c1F. The topological polar surface area (TPSA) is 241 Å². The molecule has 0 radical (unpaired) electrons. The summed E-state index contributed by atoms with van der Waals surface area (Å²) >= 11 is 3.31. The molecule has 67 heavy (non-hydrogen) atoms. The molecule has 0 bridgehead atoms. The molecule has 8 aromatic heterocycles. The Bertz CT molecular complexity index is 3600. The first kappa shape index (κ1) is 44.5. The number of benzene rings is 2. The summed E-state index contributed by atoms with van der Waals surface area (Å²) in [6.07, 6.45) is 4.45. The summed E-state index contributed by atoms with van der Waals surface area (Å²) < 4.78 is 42.0. The van der Waals surface area contributed by atoms with E-state index in [-0.39, 0.29) is 45.0 Å². The molecular formula is C48H39BrF2N10O6. The smallest absolute Gasteiger partial charge is 0.323 e. The van der Waals surface area contributed by atoms with Crippen LogP contribution in [0.3, 0.4) is 0 Å². The lowest BCUT2D eigenvalue weighted by Crippen LogP contribution is -2.32. The van der Waals surface area contributed by atoms with Crippen LogP contribution in [0.5, 0.6) is 0 Å². The van der Waals surface area contributed by atoms with Crippen LogP contribution in [-0.2, 0) is 11.2 Å². The third kappa shape index (κ3) is 7.55. The van der Waals surface area contributed by atoms with Gasteiger partial charge in [0.05, 0.1) is 56.2 Å². The van der Waals surface area contributed by atoms with Gasteiger partial charge in [0.1, 0.15) is 16.1 Å². The largest absolute Gasteiger partial charge is 0.374 e. The second kappa shape index (κ2) is 16.9. The summed E-state index contributed by atoms with van der Waals surface area (Å²) in [4.78, 5) is 52.3. The second-order valence-corrected chi connectivity index (χ2v) is 16.8. The second-order valence-electron chi connectivity index (χ2n) is 15.9. The van der Waals surface area contributed by atoms with Crippen molar-refractivity contribution < 1.29 is 28.0 Å². The molecule has 2 unspecified atom stereocenters. The lowest BCUT2D eigenvalue weighted by molar-refractivity contribution is 0.117. The summed E-state index contributed by atoms with van der Waals surface area (Å²) in [5.41, 5.74) is 1.40. The maximum absolute atomic E-state index is 15.6. The molecule has 10 rings (SSSR count). The Morgan fingerprint density at radius 2 is 1.03 bits per heavy atom. The molecule has 8 heterocycles. The monoisotopic (exact) mass is 968 g/mol. The quantitative estimate of drug-likeness (QED) is 0.0793. The van der Waals surface area contributed by atoms with Crippen molar-refractivity contribution in [3.63, 3.8) is 0 Å². The van der Waals surface area contributed by atoms with Gasteiger partial charge in [-0.3, -0.25) is 15.0 Å². The Hall–Kier alpha value is -7.74. The number of aryl methyl sites for hydroxylation is 6. The van der Waals surface area contributed by atoms with Crippen LogP contribution in [0.2, 0.25) is 0 Å². The van der Waals surface area contributed by atoms with Crippen molar-refractivity contribution in [2.75, 3.05) is 0 Å². The number of aliphatic hydroxyl groups is 2. The third-order valence-electron chi connectivity index (χ3n) is 11.7. The summed E-state index contributed by atoms with van der Waals surface area (Å²) in [5, 5.41) is 32.7. The number of fused-ring (bicyclic) bond motifs is 2. The number of rotatable bonds is 8. The molecule has 2 atom stereocenters. The molecule has 0 saturated carbocycles. The van der Waals surface area contributed by atoms with Gasteiger partial charge >= 0.3 is 11.4 Å². The van der Waals surface area contributed by atoms with Crippen molar-refractivity contribution >= 4 is 38.0 Å². The van der Waals surface area contributed by atoms with E-state index < -0.39 is 34.2 Å². The fourth-order valence-electron chi connectivity index (χ4n) is 8.64. The zero-order chi connectivity index (χ0) is 47.5. The maximum Gasteiger partial charge on any atom is 0.323 e. The fourth-order valence-corrected chi connectivity index (χ4v) is 9.13. The number of H-pyrrole nitrogens is 4. The van der Waals surface area contributed by atoms with E-state index in [0.717, 1.165) is 5.56 Å². The first-order valence-electron chi connectivity index (χ1n) is 20.6. The molecule has 19 heteroatoms. The van der Waals surface area contributed by atoms with E-state index in [0.29, 0.717) is 66.3 Å². The van der Waals surface area contributed by atoms with Crippen molar-refractivity contribution in [3.8, 4) is 22.3 Å². The minimum Gasteiger partial charge on any atom is -0.374 e. The zero-order valence-electron chi connectivity index (χ0n) is 36.5. The van der Waals surface area contributed by atoms with Gasteiger partial charge in [0.15, 0.2) is 22.8 Å². The van der Waals surface area contributed by atoms with E-state index in [4.69, 9.17) is 9.05 Å². The first-order valence-corrected chi connectivity index (χ1v) is 21.4. The number of nitrogens with one attached hydrogen (secondary N) is 4. The van der Waals surface area contributed by atoms with Crippen LogP contribution in [0.4, 0.5) is 8.78 Å². The predicted octanol–water partition coefficient (Wildman–Crippen LogP) is 8.06. The van der Waals surface area contributed by atoms with E-state index >= 15 is 8.78 Å². The average molecular weight is 970 g/mol. The van der Waals surface area contributed by atoms with Crippen molar-refractivity contribution in [1.82, 2.24) is 50.2 Å². The molecule has 0 aliphatic rings. The van der Waals surface area contributed by atoms with Crippen molar-refractivity contribution in [2.45, 2.75) is 52.7 Å².